The molecule has 1 aromatic rings. The van der Waals surface area contributed by atoms with Crippen molar-refractivity contribution in [3.63, 3.8) is 0 Å². The van der Waals surface area contributed by atoms with Crippen LogP contribution in [0.4, 0.5) is 10.6 Å². The van der Waals surface area contributed by atoms with Crippen molar-refractivity contribution in [2.45, 2.75) is 51.4 Å². The van der Waals surface area contributed by atoms with Gasteiger partial charge in [0.05, 0.1) is 18.2 Å². The number of hydrogen-bond acceptors (Lipinski definition) is 3. The summed E-state index contributed by atoms with van der Waals surface area (Å²) in [5, 5.41) is 5.78. The van der Waals surface area contributed by atoms with E-state index in [0.717, 1.165) is 30.5 Å². The average Bonchev–Trinajstić information content (AvgIpc) is 2.88. The Morgan fingerprint density at radius 2 is 2.21 bits per heavy atom. The Bertz CT molecular complexity index is 483. The molecule has 5 heteroatoms. The number of fused-ring (bicyclic) bond motifs is 2. The van der Waals surface area contributed by atoms with E-state index in [0.29, 0.717) is 11.9 Å². The molecule has 3 heterocycles. The van der Waals surface area contributed by atoms with Crippen molar-refractivity contribution in [2.75, 3.05) is 5.32 Å². The molecule has 2 bridgehead atoms. The Labute approximate surface area is 112 Å². The van der Waals surface area contributed by atoms with Gasteiger partial charge >= 0.3 is 6.03 Å². The van der Waals surface area contributed by atoms with Gasteiger partial charge in [-0.3, -0.25) is 5.32 Å². The fraction of sp³-hybridized carbons (Fsp3) is 0.571. The van der Waals surface area contributed by atoms with Crippen molar-refractivity contribution in [3.05, 3.63) is 23.4 Å². The van der Waals surface area contributed by atoms with E-state index in [-0.39, 0.29) is 18.2 Å². The Morgan fingerprint density at radius 1 is 1.37 bits per heavy atom. The standard InChI is InChI=1S/C14H19N3O2/c1-8-5-9(2)15-13(6-8)17-14(18)16-11-7-10-3-4-12(11)19-10/h5-6,10-12H,3-4,7H2,1-2H3,(H2,15,16,17,18)/t10-,11-,12-/m1/s1. The van der Waals surface area contributed by atoms with Crippen LogP contribution >= 0.6 is 0 Å². The maximum Gasteiger partial charge on any atom is 0.320 e. The maximum absolute atomic E-state index is 11.9. The Hall–Kier alpha value is -1.62. The van der Waals surface area contributed by atoms with Crippen molar-refractivity contribution in [1.29, 1.82) is 0 Å². The first-order valence-corrected chi connectivity index (χ1v) is 6.78. The molecule has 0 spiro atoms. The second-order valence-electron chi connectivity index (χ2n) is 5.49. The van der Waals surface area contributed by atoms with E-state index >= 15 is 0 Å². The van der Waals surface area contributed by atoms with Crippen molar-refractivity contribution >= 4 is 11.8 Å². The zero-order valence-electron chi connectivity index (χ0n) is 11.3. The molecule has 2 aliphatic heterocycles. The van der Waals surface area contributed by atoms with Gasteiger partial charge in [-0.2, -0.15) is 0 Å². The fourth-order valence-corrected chi connectivity index (χ4v) is 3.02. The van der Waals surface area contributed by atoms with Crippen LogP contribution in [0.25, 0.3) is 0 Å². The Balaban J connectivity index is 1.59. The molecule has 19 heavy (non-hydrogen) atoms. The lowest BCUT2D eigenvalue weighted by Crippen LogP contribution is -2.43. The second kappa shape index (κ2) is 4.81. The number of urea groups is 1. The van der Waals surface area contributed by atoms with Crippen LogP contribution in [-0.4, -0.2) is 29.3 Å². The molecule has 0 aliphatic carbocycles. The Kier molecular flexibility index (Phi) is 3.14. The molecule has 2 N–H and O–H groups in total. The molecule has 3 rings (SSSR count). The Morgan fingerprint density at radius 3 is 2.84 bits per heavy atom. The molecule has 2 fully saturated rings. The molecule has 3 atom stereocenters. The fourth-order valence-electron chi connectivity index (χ4n) is 3.02. The number of ether oxygens (including phenoxy) is 1. The zero-order valence-corrected chi connectivity index (χ0v) is 11.3. The first kappa shape index (κ1) is 12.4. The van der Waals surface area contributed by atoms with Gasteiger partial charge in [-0.25, -0.2) is 9.78 Å². The number of nitrogens with zero attached hydrogens (tertiary/aromatic N) is 1. The zero-order chi connectivity index (χ0) is 13.4. The molecule has 102 valence electrons. The number of nitrogens with one attached hydrogen (secondary N) is 2. The number of amides is 2. The summed E-state index contributed by atoms with van der Waals surface area (Å²) in [7, 11) is 0. The molecule has 0 unspecified atom stereocenters. The van der Waals surface area contributed by atoms with Crippen LogP contribution in [0, 0.1) is 13.8 Å². The van der Waals surface area contributed by atoms with Crippen molar-refractivity contribution in [2.24, 2.45) is 0 Å². The number of rotatable bonds is 2. The highest BCUT2D eigenvalue weighted by molar-refractivity contribution is 5.88. The highest BCUT2D eigenvalue weighted by Gasteiger charge is 2.41. The monoisotopic (exact) mass is 261 g/mol. The van der Waals surface area contributed by atoms with E-state index in [1.54, 1.807) is 0 Å². The van der Waals surface area contributed by atoms with Gasteiger partial charge in [0.25, 0.3) is 0 Å². The minimum absolute atomic E-state index is 0.143. The predicted octanol–water partition coefficient (Wildman–Crippen LogP) is 2.14. The van der Waals surface area contributed by atoms with Crippen molar-refractivity contribution in [3.8, 4) is 0 Å². The molecule has 1 aromatic heterocycles. The van der Waals surface area contributed by atoms with Gasteiger partial charge in [-0.05, 0) is 50.8 Å². The highest BCUT2D eigenvalue weighted by Crippen LogP contribution is 2.34. The minimum atomic E-state index is -0.196. The maximum atomic E-state index is 11.9. The van der Waals surface area contributed by atoms with E-state index in [9.17, 15) is 4.79 Å². The highest BCUT2D eigenvalue weighted by atomic mass is 16.5. The molecule has 5 nitrogen and oxygen atoms in total. The third-order valence-electron chi connectivity index (χ3n) is 3.76. The normalized spacial score (nSPS) is 28.4. The van der Waals surface area contributed by atoms with E-state index in [4.69, 9.17) is 4.74 Å². The van der Waals surface area contributed by atoms with Crippen LogP contribution in [-0.2, 0) is 4.74 Å². The molecule has 0 aromatic carbocycles. The molecule has 0 saturated carbocycles. The first-order chi connectivity index (χ1) is 9.10. The van der Waals surface area contributed by atoms with Crippen LogP contribution < -0.4 is 10.6 Å². The van der Waals surface area contributed by atoms with E-state index < -0.39 is 0 Å². The van der Waals surface area contributed by atoms with Gasteiger partial charge < -0.3 is 10.1 Å². The van der Waals surface area contributed by atoms with E-state index in [1.165, 1.54) is 0 Å². The SMILES string of the molecule is Cc1cc(C)nc(NC(=O)N[C@@H]2C[C@H]3CC[C@H]2O3)c1. The molecule has 2 amide bonds. The van der Waals surface area contributed by atoms with E-state index in [1.807, 2.05) is 26.0 Å². The van der Waals surface area contributed by atoms with Gasteiger partial charge in [0.2, 0.25) is 0 Å². The van der Waals surface area contributed by atoms with Gasteiger partial charge in [-0.15, -0.1) is 0 Å². The lowest BCUT2D eigenvalue weighted by Gasteiger charge is -2.20. The van der Waals surface area contributed by atoms with Crippen molar-refractivity contribution < 1.29 is 9.53 Å². The molecular weight excluding hydrogens is 242 g/mol. The molecule has 2 aliphatic rings. The van der Waals surface area contributed by atoms with Gasteiger partial charge in [-0.1, -0.05) is 0 Å². The lowest BCUT2D eigenvalue weighted by atomic mass is 9.96. The molecule has 2 saturated heterocycles. The van der Waals surface area contributed by atoms with Crippen LogP contribution in [0.1, 0.15) is 30.5 Å². The minimum Gasteiger partial charge on any atom is -0.373 e. The number of carbonyl (C=O) groups is 1. The number of aryl methyl sites for hydroxylation is 2. The largest absolute Gasteiger partial charge is 0.373 e. The van der Waals surface area contributed by atoms with E-state index in [2.05, 4.69) is 15.6 Å². The summed E-state index contributed by atoms with van der Waals surface area (Å²) >= 11 is 0. The summed E-state index contributed by atoms with van der Waals surface area (Å²) in [6.07, 6.45) is 3.65. The summed E-state index contributed by atoms with van der Waals surface area (Å²) in [5.41, 5.74) is 1.99. The van der Waals surface area contributed by atoms with Crippen LogP contribution in [0.5, 0.6) is 0 Å². The van der Waals surface area contributed by atoms with Gasteiger partial charge in [0, 0.05) is 5.69 Å². The molecular formula is C14H19N3O2. The summed E-state index contributed by atoms with van der Waals surface area (Å²) in [5.74, 6) is 0.596. The van der Waals surface area contributed by atoms with Gasteiger partial charge in [0.1, 0.15) is 5.82 Å². The van der Waals surface area contributed by atoms with Gasteiger partial charge in [0.15, 0.2) is 0 Å². The topological polar surface area (TPSA) is 63.2 Å². The number of pyridine rings is 1. The smallest absolute Gasteiger partial charge is 0.320 e. The molecule has 0 radical (unpaired) electrons. The summed E-state index contributed by atoms with van der Waals surface area (Å²) in [6.45, 7) is 3.90. The van der Waals surface area contributed by atoms with Crippen molar-refractivity contribution in [1.82, 2.24) is 10.3 Å². The number of carbonyl (C=O) groups excluding carboxylic acids is 1. The lowest BCUT2D eigenvalue weighted by molar-refractivity contribution is 0.0984. The number of anilines is 1. The summed E-state index contributed by atoms with van der Waals surface area (Å²) < 4.78 is 5.72. The number of aromatic nitrogens is 1. The van der Waals surface area contributed by atoms with Crippen LogP contribution in [0.2, 0.25) is 0 Å². The average molecular weight is 261 g/mol. The number of hydrogen-bond donors (Lipinski definition) is 2. The summed E-state index contributed by atoms with van der Waals surface area (Å²) in [6, 6.07) is 3.79. The predicted molar refractivity (Wildman–Crippen MR) is 72.2 cm³/mol. The second-order valence-corrected chi connectivity index (χ2v) is 5.49. The quantitative estimate of drug-likeness (QED) is 0.857. The third kappa shape index (κ3) is 2.71. The third-order valence-corrected chi connectivity index (χ3v) is 3.76. The summed E-state index contributed by atoms with van der Waals surface area (Å²) in [4.78, 5) is 16.2. The first-order valence-electron chi connectivity index (χ1n) is 6.78. The van der Waals surface area contributed by atoms with Crippen LogP contribution in [0.15, 0.2) is 12.1 Å². The van der Waals surface area contributed by atoms with Crippen LogP contribution in [0.3, 0.4) is 0 Å².